The van der Waals surface area contributed by atoms with Crippen LogP contribution in [0.25, 0.3) is 5.65 Å². The van der Waals surface area contributed by atoms with Crippen LogP contribution in [0.15, 0.2) is 24.4 Å². The number of hydrogen-bond donors (Lipinski definition) is 1. The zero-order valence-electron chi connectivity index (χ0n) is 10.8. The number of aromatic nitrogens is 3. The van der Waals surface area contributed by atoms with Gasteiger partial charge >= 0.3 is 0 Å². The maximum absolute atomic E-state index is 12.0. The van der Waals surface area contributed by atoms with Crippen molar-refractivity contribution in [3.63, 3.8) is 0 Å². The third-order valence-corrected chi connectivity index (χ3v) is 2.99. The van der Waals surface area contributed by atoms with E-state index in [2.05, 4.69) is 22.4 Å². The van der Waals surface area contributed by atoms with Crippen molar-refractivity contribution >= 4 is 17.5 Å². The molecule has 1 N–H and O–H groups in total. The Morgan fingerprint density at radius 2 is 2.28 bits per heavy atom. The first-order valence-corrected chi connectivity index (χ1v) is 6.33. The molecule has 1 atom stereocenters. The number of carbonyl (C=O) groups excluding carboxylic acids is 1. The number of fused-ring (bicyclic) bond motifs is 1. The van der Waals surface area contributed by atoms with Gasteiger partial charge in [-0.3, -0.25) is 14.5 Å². The van der Waals surface area contributed by atoms with E-state index in [1.54, 1.807) is 4.40 Å². The Morgan fingerprint density at radius 3 is 3.06 bits per heavy atom. The molecular weight excluding hydrogens is 228 g/mol. The molecule has 0 radical (unpaired) electrons. The van der Waals surface area contributed by atoms with E-state index in [1.165, 1.54) is 0 Å². The summed E-state index contributed by atoms with van der Waals surface area (Å²) in [4.78, 5) is 12.0. The van der Waals surface area contributed by atoms with Crippen LogP contribution in [0.5, 0.6) is 0 Å². The molecular formula is C13H18N4O. The molecule has 0 bridgehead atoms. The zero-order valence-corrected chi connectivity index (χ0v) is 10.8. The minimum atomic E-state index is 0.000937. The Hall–Kier alpha value is -1.91. The van der Waals surface area contributed by atoms with Crippen molar-refractivity contribution in [1.29, 1.82) is 0 Å². The van der Waals surface area contributed by atoms with Crippen LogP contribution in [0.1, 0.15) is 33.1 Å². The predicted molar refractivity (Wildman–Crippen MR) is 70.3 cm³/mol. The molecule has 2 aromatic heterocycles. The summed E-state index contributed by atoms with van der Waals surface area (Å²) in [6.07, 6.45) is 4.90. The lowest BCUT2D eigenvalue weighted by Gasteiger charge is -2.10. The maximum atomic E-state index is 12.0. The van der Waals surface area contributed by atoms with Crippen LogP contribution in [0.2, 0.25) is 0 Å². The van der Waals surface area contributed by atoms with E-state index in [0.29, 0.717) is 5.95 Å². The highest BCUT2D eigenvalue weighted by molar-refractivity contribution is 5.90. The van der Waals surface area contributed by atoms with Gasteiger partial charge in [0.2, 0.25) is 11.9 Å². The molecule has 5 heteroatoms. The third kappa shape index (κ3) is 2.67. The molecule has 0 saturated carbocycles. The molecule has 0 aromatic carbocycles. The van der Waals surface area contributed by atoms with Crippen molar-refractivity contribution in [1.82, 2.24) is 14.6 Å². The average molecular weight is 246 g/mol. The molecule has 1 amide bonds. The van der Waals surface area contributed by atoms with Crippen LogP contribution < -0.4 is 5.32 Å². The molecule has 0 aliphatic heterocycles. The number of nitrogens with zero attached hydrogens (tertiary/aromatic N) is 3. The fourth-order valence-electron chi connectivity index (χ4n) is 1.80. The van der Waals surface area contributed by atoms with E-state index >= 15 is 0 Å². The molecule has 0 saturated heterocycles. The van der Waals surface area contributed by atoms with Crippen LogP contribution in [-0.2, 0) is 4.79 Å². The SMILES string of the molecule is CCCC[C@H](C)C(=O)Nc1nnc2ccccn12. The molecule has 2 heterocycles. The Labute approximate surface area is 106 Å². The highest BCUT2D eigenvalue weighted by Crippen LogP contribution is 2.12. The Morgan fingerprint density at radius 1 is 1.44 bits per heavy atom. The predicted octanol–water partition coefficient (Wildman–Crippen LogP) is 2.49. The third-order valence-electron chi connectivity index (χ3n) is 2.99. The van der Waals surface area contributed by atoms with Crippen molar-refractivity contribution in [2.75, 3.05) is 5.32 Å². The molecule has 0 unspecified atom stereocenters. The van der Waals surface area contributed by atoms with Crippen LogP contribution in [-0.4, -0.2) is 20.5 Å². The lowest BCUT2D eigenvalue weighted by Crippen LogP contribution is -2.21. The number of pyridine rings is 1. The van der Waals surface area contributed by atoms with E-state index in [9.17, 15) is 4.79 Å². The summed E-state index contributed by atoms with van der Waals surface area (Å²) < 4.78 is 1.77. The van der Waals surface area contributed by atoms with Crippen molar-refractivity contribution in [3.8, 4) is 0 Å². The van der Waals surface area contributed by atoms with Gasteiger partial charge in [0.15, 0.2) is 5.65 Å². The first kappa shape index (κ1) is 12.5. The summed E-state index contributed by atoms with van der Waals surface area (Å²) in [6.45, 7) is 4.06. The highest BCUT2D eigenvalue weighted by Gasteiger charge is 2.15. The second-order valence-corrected chi connectivity index (χ2v) is 4.48. The van der Waals surface area contributed by atoms with Gasteiger partial charge in [0.05, 0.1) is 0 Å². The molecule has 2 aromatic rings. The second kappa shape index (κ2) is 5.62. The van der Waals surface area contributed by atoms with Crippen LogP contribution in [0, 0.1) is 5.92 Å². The van der Waals surface area contributed by atoms with Gasteiger partial charge in [-0.1, -0.05) is 32.8 Å². The van der Waals surface area contributed by atoms with Gasteiger partial charge in [0, 0.05) is 12.1 Å². The molecule has 2 rings (SSSR count). The largest absolute Gasteiger partial charge is 0.294 e. The first-order chi connectivity index (χ1) is 8.72. The summed E-state index contributed by atoms with van der Waals surface area (Å²) >= 11 is 0. The molecule has 96 valence electrons. The quantitative estimate of drug-likeness (QED) is 0.881. The molecule has 5 nitrogen and oxygen atoms in total. The zero-order chi connectivity index (χ0) is 13.0. The fourth-order valence-corrected chi connectivity index (χ4v) is 1.80. The number of hydrogen-bond acceptors (Lipinski definition) is 3. The van der Waals surface area contributed by atoms with E-state index in [0.717, 1.165) is 24.9 Å². The van der Waals surface area contributed by atoms with Crippen LogP contribution in [0.3, 0.4) is 0 Å². The first-order valence-electron chi connectivity index (χ1n) is 6.33. The minimum absolute atomic E-state index is 0.000937. The fraction of sp³-hybridized carbons (Fsp3) is 0.462. The monoisotopic (exact) mass is 246 g/mol. The van der Waals surface area contributed by atoms with Gasteiger partial charge in [-0.25, -0.2) is 0 Å². The molecule has 0 fully saturated rings. The van der Waals surface area contributed by atoms with Gasteiger partial charge in [-0.15, -0.1) is 10.2 Å². The lowest BCUT2D eigenvalue weighted by molar-refractivity contribution is -0.119. The number of carbonyl (C=O) groups is 1. The van der Waals surface area contributed by atoms with E-state index in [4.69, 9.17) is 0 Å². The van der Waals surface area contributed by atoms with Crippen LogP contribution in [0.4, 0.5) is 5.95 Å². The minimum Gasteiger partial charge on any atom is -0.294 e. The molecule has 0 spiro atoms. The number of nitrogens with one attached hydrogen (secondary N) is 1. The number of unbranched alkanes of at least 4 members (excludes halogenated alkanes) is 1. The molecule has 0 aliphatic rings. The van der Waals surface area contributed by atoms with E-state index in [-0.39, 0.29) is 11.8 Å². The van der Waals surface area contributed by atoms with Gasteiger partial charge < -0.3 is 0 Å². The summed E-state index contributed by atoms with van der Waals surface area (Å²) in [6, 6.07) is 5.62. The summed E-state index contributed by atoms with van der Waals surface area (Å²) in [7, 11) is 0. The van der Waals surface area contributed by atoms with Gasteiger partial charge in [-0.05, 0) is 18.6 Å². The Bertz CT molecular complexity index is 535. The Balaban J connectivity index is 2.07. The van der Waals surface area contributed by atoms with Crippen molar-refractivity contribution in [3.05, 3.63) is 24.4 Å². The van der Waals surface area contributed by atoms with Gasteiger partial charge in [-0.2, -0.15) is 0 Å². The van der Waals surface area contributed by atoms with E-state index in [1.807, 2.05) is 31.3 Å². The molecule has 18 heavy (non-hydrogen) atoms. The van der Waals surface area contributed by atoms with Crippen molar-refractivity contribution in [2.24, 2.45) is 5.92 Å². The van der Waals surface area contributed by atoms with E-state index < -0.39 is 0 Å². The lowest BCUT2D eigenvalue weighted by atomic mass is 10.0. The van der Waals surface area contributed by atoms with Gasteiger partial charge in [0.1, 0.15) is 0 Å². The molecule has 0 aliphatic carbocycles. The maximum Gasteiger partial charge on any atom is 0.235 e. The summed E-state index contributed by atoms with van der Waals surface area (Å²) in [5.41, 5.74) is 0.731. The number of anilines is 1. The van der Waals surface area contributed by atoms with Crippen molar-refractivity contribution in [2.45, 2.75) is 33.1 Å². The second-order valence-electron chi connectivity index (χ2n) is 4.48. The highest BCUT2D eigenvalue weighted by atomic mass is 16.2. The summed E-state index contributed by atoms with van der Waals surface area (Å²) in [5, 5.41) is 10.8. The van der Waals surface area contributed by atoms with Crippen LogP contribution >= 0.6 is 0 Å². The number of rotatable bonds is 5. The summed E-state index contributed by atoms with van der Waals surface area (Å²) in [5.74, 6) is 0.488. The topological polar surface area (TPSA) is 59.3 Å². The normalized spacial score (nSPS) is 12.6. The van der Waals surface area contributed by atoms with Crippen molar-refractivity contribution < 1.29 is 4.79 Å². The van der Waals surface area contributed by atoms with Gasteiger partial charge in [0.25, 0.3) is 0 Å². The standard InChI is InChI=1S/C13H18N4O/c1-3-4-7-10(2)12(18)14-13-16-15-11-8-5-6-9-17(11)13/h5-6,8-10H,3-4,7H2,1-2H3,(H,14,16,18)/t10-/m0/s1. The smallest absolute Gasteiger partial charge is 0.235 e. The number of amides is 1. The Kier molecular flexibility index (Phi) is 3.92. The average Bonchev–Trinajstić information content (AvgIpc) is 2.79.